The lowest BCUT2D eigenvalue weighted by atomic mass is 9.42. The molecule has 0 heterocycles. The molecular weight excluding hydrogens is 527 g/mol. The van der Waals surface area contributed by atoms with Crippen LogP contribution in [0.25, 0.3) is 0 Å². The van der Waals surface area contributed by atoms with E-state index in [-0.39, 0.29) is 61.0 Å². The molecule has 4 aliphatic carbocycles. The van der Waals surface area contributed by atoms with Gasteiger partial charge in [-0.1, -0.05) is 34.6 Å². The second-order valence-electron chi connectivity index (χ2n) is 12.9. The van der Waals surface area contributed by atoms with Crippen LogP contribution in [0, 0.1) is 34.5 Å². The standard InChI is InChI=1S/C30H44ClFO7/c1-7-25(35)38-29-15-19(37-18(4)33)9-11-27(29,5)21-10-12-28(6)22(20(21)14-23(29)32)13-17(3)30(28,24(34)16-31)39-26(36)8-2/h17,19-23H,7-16H2,1-6H3/t17-,19-,20+,21-,22-,23+,27+,28-,29-,30+/m0/s1. The lowest BCUT2D eigenvalue weighted by molar-refractivity contribution is -0.266. The summed E-state index contributed by atoms with van der Waals surface area (Å²) >= 11 is 6.13. The van der Waals surface area contributed by atoms with Gasteiger partial charge >= 0.3 is 17.9 Å². The third-order valence-corrected chi connectivity index (χ3v) is 11.5. The van der Waals surface area contributed by atoms with Gasteiger partial charge < -0.3 is 14.2 Å². The number of rotatable bonds is 7. The first-order valence-corrected chi connectivity index (χ1v) is 15.1. The second-order valence-corrected chi connectivity index (χ2v) is 13.2. The van der Waals surface area contributed by atoms with Crippen molar-refractivity contribution in [2.75, 3.05) is 5.88 Å². The summed E-state index contributed by atoms with van der Waals surface area (Å²) in [5, 5.41) is 0. The smallest absolute Gasteiger partial charge is 0.306 e. The third-order valence-electron chi connectivity index (χ3n) is 11.3. The van der Waals surface area contributed by atoms with E-state index in [1.54, 1.807) is 13.8 Å². The average molecular weight is 571 g/mol. The average Bonchev–Trinajstić information content (AvgIpc) is 3.11. The molecule has 0 amide bonds. The lowest BCUT2D eigenvalue weighted by Gasteiger charge is -2.65. The first-order valence-electron chi connectivity index (χ1n) is 14.6. The third kappa shape index (κ3) is 4.33. The molecule has 0 radical (unpaired) electrons. The monoisotopic (exact) mass is 570 g/mol. The minimum absolute atomic E-state index is 0.0292. The van der Waals surface area contributed by atoms with E-state index in [1.807, 2.05) is 20.8 Å². The van der Waals surface area contributed by atoms with Crippen molar-refractivity contribution in [3.05, 3.63) is 0 Å². The van der Waals surface area contributed by atoms with Gasteiger partial charge in [0.15, 0.2) is 17.0 Å². The molecule has 0 aliphatic heterocycles. The maximum absolute atomic E-state index is 16.8. The van der Waals surface area contributed by atoms with Gasteiger partial charge in [0.05, 0.1) is 5.88 Å². The molecule has 9 heteroatoms. The Bertz CT molecular complexity index is 1020. The fourth-order valence-electron chi connectivity index (χ4n) is 9.54. The Balaban J connectivity index is 1.76. The Morgan fingerprint density at radius 2 is 1.54 bits per heavy atom. The zero-order valence-electron chi connectivity index (χ0n) is 24.1. The quantitative estimate of drug-likeness (QED) is 0.219. The fourth-order valence-corrected chi connectivity index (χ4v) is 9.74. The van der Waals surface area contributed by atoms with Gasteiger partial charge in [-0.15, -0.1) is 11.6 Å². The maximum Gasteiger partial charge on any atom is 0.306 e. The Morgan fingerprint density at radius 3 is 2.13 bits per heavy atom. The zero-order chi connectivity index (χ0) is 29.0. The maximum atomic E-state index is 16.8. The molecule has 4 rings (SSSR count). The van der Waals surface area contributed by atoms with Gasteiger partial charge in [0.2, 0.25) is 0 Å². The van der Waals surface area contributed by atoms with Crippen molar-refractivity contribution in [2.24, 2.45) is 34.5 Å². The molecule has 0 aromatic carbocycles. The number of alkyl halides is 2. The Morgan fingerprint density at radius 1 is 0.923 bits per heavy atom. The number of hydrogen-bond donors (Lipinski definition) is 0. The number of halogens is 2. The first-order chi connectivity index (χ1) is 18.3. The highest BCUT2D eigenvalue weighted by molar-refractivity contribution is 6.29. The molecular formula is C30H44ClFO7. The highest BCUT2D eigenvalue weighted by Gasteiger charge is 2.75. The number of fused-ring (bicyclic) bond motifs is 5. The van der Waals surface area contributed by atoms with Crippen LogP contribution in [-0.4, -0.2) is 53.0 Å². The van der Waals surface area contributed by atoms with E-state index < -0.39 is 52.2 Å². The molecule has 0 unspecified atom stereocenters. The van der Waals surface area contributed by atoms with Crippen molar-refractivity contribution < 1.29 is 37.8 Å². The van der Waals surface area contributed by atoms with Crippen LogP contribution in [0.1, 0.15) is 99.3 Å². The lowest BCUT2D eigenvalue weighted by Crippen LogP contribution is -2.70. The minimum atomic E-state index is -1.47. The van der Waals surface area contributed by atoms with Gasteiger partial charge in [-0.2, -0.15) is 0 Å². The van der Waals surface area contributed by atoms with E-state index in [2.05, 4.69) is 0 Å². The summed E-state index contributed by atoms with van der Waals surface area (Å²) in [7, 11) is 0. The summed E-state index contributed by atoms with van der Waals surface area (Å²) in [6.07, 6.45) is 1.64. The summed E-state index contributed by atoms with van der Waals surface area (Å²) < 4.78 is 34.5. The van der Waals surface area contributed by atoms with E-state index >= 15 is 4.39 Å². The molecule has 0 aromatic heterocycles. The molecule has 0 bridgehead atoms. The van der Waals surface area contributed by atoms with Gasteiger partial charge in [0.1, 0.15) is 12.3 Å². The molecule has 0 saturated heterocycles. The van der Waals surface area contributed by atoms with Gasteiger partial charge in [-0.25, -0.2) is 4.39 Å². The predicted octanol–water partition coefficient (Wildman–Crippen LogP) is 5.73. The molecule has 0 spiro atoms. The van der Waals surface area contributed by atoms with Crippen molar-refractivity contribution in [1.82, 2.24) is 0 Å². The van der Waals surface area contributed by atoms with E-state index in [0.29, 0.717) is 32.1 Å². The van der Waals surface area contributed by atoms with Crippen LogP contribution < -0.4 is 0 Å². The van der Waals surface area contributed by atoms with Crippen LogP contribution in [-0.2, 0) is 33.4 Å². The van der Waals surface area contributed by atoms with E-state index in [0.717, 1.165) is 0 Å². The highest BCUT2D eigenvalue weighted by atomic mass is 35.5. The number of carbonyl (C=O) groups is 4. The van der Waals surface area contributed by atoms with Gasteiger partial charge in [-0.3, -0.25) is 19.2 Å². The van der Waals surface area contributed by atoms with Crippen LogP contribution >= 0.6 is 11.6 Å². The molecule has 4 aliphatic rings. The molecule has 4 fully saturated rings. The predicted molar refractivity (Wildman–Crippen MR) is 143 cm³/mol. The van der Waals surface area contributed by atoms with Crippen LogP contribution in [0.2, 0.25) is 0 Å². The van der Waals surface area contributed by atoms with E-state index in [4.69, 9.17) is 25.8 Å². The molecule has 7 nitrogen and oxygen atoms in total. The summed E-state index contributed by atoms with van der Waals surface area (Å²) in [4.78, 5) is 50.7. The molecule has 10 atom stereocenters. The van der Waals surface area contributed by atoms with Crippen molar-refractivity contribution in [3.63, 3.8) is 0 Å². The van der Waals surface area contributed by atoms with Gasteiger partial charge in [0.25, 0.3) is 0 Å². The van der Waals surface area contributed by atoms with E-state index in [1.165, 1.54) is 6.92 Å². The molecule has 220 valence electrons. The molecule has 4 saturated carbocycles. The van der Waals surface area contributed by atoms with Gasteiger partial charge in [-0.05, 0) is 56.3 Å². The fraction of sp³-hybridized carbons (Fsp3) is 0.867. The van der Waals surface area contributed by atoms with Crippen LogP contribution in [0.3, 0.4) is 0 Å². The number of carbonyl (C=O) groups excluding carboxylic acids is 4. The molecule has 0 aromatic rings. The van der Waals surface area contributed by atoms with Crippen molar-refractivity contribution in [3.8, 4) is 0 Å². The van der Waals surface area contributed by atoms with Gasteiger partial charge in [0, 0.05) is 42.9 Å². The second kappa shape index (κ2) is 10.6. The summed E-state index contributed by atoms with van der Waals surface area (Å²) in [5.41, 5.74) is -4.10. The highest BCUT2D eigenvalue weighted by Crippen LogP contribution is 2.72. The van der Waals surface area contributed by atoms with Crippen LogP contribution in [0.15, 0.2) is 0 Å². The Kier molecular flexibility index (Phi) is 8.23. The molecule has 39 heavy (non-hydrogen) atoms. The number of esters is 3. The zero-order valence-corrected chi connectivity index (χ0v) is 24.9. The van der Waals surface area contributed by atoms with Crippen LogP contribution in [0.4, 0.5) is 4.39 Å². The SMILES string of the molecule is CCC(=O)O[C@]12C[C@@H](OC(C)=O)CC[C@]1(C)[C@H]1CC[C@@]3(C)[C@@H](C[C@H](C)[C@@]3(OC(=O)CC)C(=O)CCl)[C@@H]1C[C@H]2F. The number of Topliss-reactive ketones (excluding diaryl/α,β-unsaturated/α-hetero) is 1. The molecule has 0 N–H and O–H groups in total. The van der Waals surface area contributed by atoms with Crippen molar-refractivity contribution in [2.45, 2.75) is 123 Å². The summed E-state index contributed by atoms with van der Waals surface area (Å²) in [6, 6.07) is 0. The summed E-state index contributed by atoms with van der Waals surface area (Å²) in [5.74, 6) is -2.25. The van der Waals surface area contributed by atoms with Crippen molar-refractivity contribution in [1.29, 1.82) is 0 Å². The topological polar surface area (TPSA) is 96.0 Å². The Hall–Kier alpha value is -1.70. The van der Waals surface area contributed by atoms with E-state index in [9.17, 15) is 19.2 Å². The first kappa shape index (κ1) is 30.3. The minimum Gasteiger partial charge on any atom is -0.462 e. The normalized spacial score (nSPS) is 44.8. The van der Waals surface area contributed by atoms with Crippen LogP contribution in [0.5, 0.6) is 0 Å². The largest absolute Gasteiger partial charge is 0.462 e. The van der Waals surface area contributed by atoms with Crippen molar-refractivity contribution >= 4 is 35.3 Å². The number of ether oxygens (including phenoxy) is 3. The number of ketones is 1. The Labute approximate surface area is 236 Å². The number of hydrogen-bond acceptors (Lipinski definition) is 7. The summed E-state index contributed by atoms with van der Waals surface area (Å²) in [6.45, 7) is 10.7.